The third-order valence-electron chi connectivity index (χ3n) is 3.10. The largest absolute Gasteiger partial charge is 0.444 e. The number of carbonyl (C=O) groups is 2. The summed E-state index contributed by atoms with van der Waals surface area (Å²) >= 11 is 7.28. The van der Waals surface area contributed by atoms with Gasteiger partial charge in [0, 0.05) is 12.1 Å². The third-order valence-corrected chi connectivity index (χ3v) is 4.04. The fourth-order valence-corrected chi connectivity index (χ4v) is 2.61. The van der Waals surface area contributed by atoms with E-state index in [4.69, 9.17) is 16.3 Å². The number of hydrogen-bond acceptors (Lipinski definition) is 4. The molecule has 0 spiro atoms. The van der Waals surface area contributed by atoms with Crippen molar-refractivity contribution in [2.24, 2.45) is 0 Å². The van der Waals surface area contributed by atoms with Crippen molar-refractivity contribution in [3.8, 4) is 0 Å². The Morgan fingerprint density at radius 1 is 1.36 bits per heavy atom. The zero-order chi connectivity index (χ0) is 19.0. The lowest BCUT2D eigenvalue weighted by Gasteiger charge is -2.23. The van der Waals surface area contributed by atoms with Crippen LogP contribution in [0.5, 0.6) is 0 Å². The van der Waals surface area contributed by atoms with Gasteiger partial charge < -0.3 is 15.4 Å². The second-order valence-corrected chi connectivity index (χ2v) is 7.80. The Bertz CT molecular complexity index is 608. The molecular weight excluding hydrogens is 367 g/mol. The van der Waals surface area contributed by atoms with Gasteiger partial charge in [-0.3, -0.25) is 4.79 Å². The van der Waals surface area contributed by atoms with Gasteiger partial charge in [-0.2, -0.15) is 11.8 Å². The number of thioether (sulfide) groups is 1. The Morgan fingerprint density at radius 3 is 2.64 bits per heavy atom. The monoisotopic (exact) mass is 390 g/mol. The lowest BCUT2D eigenvalue weighted by molar-refractivity contribution is -0.123. The van der Waals surface area contributed by atoms with Crippen LogP contribution in [-0.4, -0.2) is 35.7 Å². The Kier molecular flexibility index (Phi) is 8.52. The molecule has 0 bridgehead atoms. The first-order valence-electron chi connectivity index (χ1n) is 7.83. The highest BCUT2D eigenvalue weighted by atomic mass is 35.5. The third kappa shape index (κ3) is 7.96. The number of carbonyl (C=O) groups excluding carboxylic acids is 2. The SMILES string of the molecule is CSCC[C@H](NC(=O)OC(C)(C)C)C(=O)NCc1cccc(Cl)c1F. The first kappa shape index (κ1) is 21.6. The van der Waals surface area contributed by atoms with E-state index in [1.54, 1.807) is 44.7 Å². The molecule has 0 saturated carbocycles. The number of ether oxygens (including phenoxy) is 1. The average molecular weight is 391 g/mol. The molecule has 1 rings (SSSR count). The summed E-state index contributed by atoms with van der Waals surface area (Å²) < 4.78 is 19.1. The molecule has 1 atom stereocenters. The van der Waals surface area contributed by atoms with Gasteiger partial charge in [0.05, 0.1) is 5.02 Å². The van der Waals surface area contributed by atoms with Crippen LogP contribution >= 0.6 is 23.4 Å². The van der Waals surface area contributed by atoms with Crippen molar-refractivity contribution in [1.29, 1.82) is 0 Å². The molecule has 0 radical (unpaired) electrons. The second-order valence-electron chi connectivity index (χ2n) is 6.41. The number of nitrogens with one attached hydrogen (secondary N) is 2. The van der Waals surface area contributed by atoms with E-state index < -0.39 is 29.5 Å². The predicted molar refractivity (Wildman–Crippen MR) is 99.4 cm³/mol. The Labute approximate surface area is 157 Å². The van der Waals surface area contributed by atoms with Gasteiger partial charge >= 0.3 is 6.09 Å². The number of rotatable bonds is 7. The molecule has 1 aromatic carbocycles. The lowest BCUT2D eigenvalue weighted by atomic mass is 10.1. The zero-order valence-corrected chi connectivity index (χ0v) is 16.4. The number of amides is 2. The smallest absolute Gasteiger partial charge is 0.408 e. The summed E-state index contributed by atoms with van der Waals surface area (Å²) in [6.45, 7) is 5.21. The molecule has 0 aromatic heterocycles. The summed E-state index contributed by atoms with van der Waals surface area (Å²) in [6.07, 6.45) is 1.68. The Morgan fingerprint density at radius 2 is 2.04 bits per heavy atom. The van der Waals surface area contributed by atoms with Gasteiger partial charge in [0.15, 0.2) is 0 Å². The number of halogens is 2. The summed E-state index contributed by atoms with van der Waals surface area (Å²) in [7, 11) is 0. The molecule has 0 heterocycles. The molecule has 0 fully saturated rings. The summed E-state index contributed by atoms with van der Waals surface area (Å²) in [6, 6.07) is 3.83. The normalized spacial score (nSPS) is 12.4. The van der Waals surface area contributed by atoms with Crippen LogP contribution in [0.2, 0.25) is 5.02 Å². The van der Waals surface area contributed by atoms with Crippen LogP contribution < -0.4 is 10.6 Å². The Balaban J connectivity index is 2.69. The quantitative estimate of drug-likeness (QED) is 0.744. The van der Waals surface area contributed by atoms with Gasteiger partial charge in [0.2, 0.25) is 5.91 Å². The first-order chi connectivity index (χ1) is 11.6. The van der Waals surface area contributed by atoms with Crippen LogP contribution in [0.4, 0.5) is 9.18 Å². The molecule has 0 aliphatic rings. The van der Waals surface area contributed by atoms with Crippen molar-refractivity contribution in [2.75, 3.05) is 12.0 Å². The second kappa shape index (κ2) is 9.87. The van der Waals surface area contributed by atoms with E-state index in [0.29, 0.717) is 12.2 Å². The van der Waals surface area contributed by atoms with Crippen molar-refractivity contribution < 1.29 is 18.7 Å². The zero-order valence-electron chi connectivity index (χ0n) is 14.8. The van der Waals surface area contributed by atoms with Crippen LogP contribution in [0.1, 0.15) is 32.8 Å². The van der Waals surface area contributed by atoms with Crippen molar-refractivity contribution in [2.45, 2.75) is 45.4 Å². The van der Waals surface area contributed by atoms with Crippen molar-refractivity contribution >= 4 is 35.4 Å². The summed E-state index contributed by atoms with van der Waals surface area (Å²) in [4.78, 5) is 24.3. The van der Waals surface area contributed by atoms with Gasteiger partial charge in [-0.15, -0.1) is 0 Å². The van der Waals surface area contributed by atoms with Gasteiger partial charge in [0.25, 0.3) is 0 Å². The molecule has 25 heavy (non-hydrogen) atoms. The van der Waals surface area contributed by atoms with Crippen molar-refractivity contribution in [3.05, 3.63) is 34.6 Å². The minimum atomic E-state index is -0.760. The van der Waals surface area contributed by atoms with Gasteiger partial charge in [-0.05, 0) is 45.3 Å². The summed E-state index contributed by atoms with van der Waals surface area (Å²) in [5.74, 6) is -0.288. The molecule has 8 heteroatoms. The number of alkyl carbamates (subject to hydrolysis) is 1. The highest BCUT2D eigenvalue weighted by Crippen LogP contribution is 2.17. The molecule has 0 unspecified atom stereocenters. The topological polar surface area (TPSA) is 67.4 Å². The molecule has 0 aliphatic heterocycles. The van der Waals surface area contributed by atoms with Crippen LogP contribution in [-0.2, 0) is 16.1 Å². The molecule has 0 saturated heterocycles. The highest BCUT2D eigenvalue weighted by Gasteiger charge is 2.24. The standard InChI is InChI=1S/C17H24ClFN2O3S/c1-17(2,3)24-16(23)21-13(8-9-25-4)15(22)20-10-11-6-5-7-12(18)14(11)19/h5-7,13H,8-10H2,1-4H3,(H,20,22)(H,21,23)/t13-/m0/s1. The van der Waals surface area contributed by atoms with Gasteiger partial charge in [-0.25, -0.2) is 9.18 Å². The fourth-order valence-electron chi connectivity index (χ4n) is 1.94. The molecule has 2 amide bonds. The van der Waals surface area contributed by atoms with E-state index in [1.807, 2.05) is 6.26 Å². The molecule has 1 aromatic rings. The highest BCUT2D eigenvalue weighted by molar-refractivity contribution is 7.98. The first-order valence-corrected chi connectivity index (χ1v) is 9.60. The van der Waals surface area contributed by atoms with E-state index in [2.05, 4.69) is 10.6 Å². The number of benzene rings is 1. The van der Waals surface area contributed by atoms with Crippen LogP contribution in [0.3, 0.4) is 0 Å². The molecule has 0 aliphatic carbocycles. The van der Waals surface area contributed by atoms with Crippen molar-refractivity contribution in [1.82, 2.24) is 10.6 Å². The van der Waals surface area contributed by atoms with Gasteiger partial charge in [0.1, 0.15) is 17.5 Å². The molecular formula is C17H24ClFN2O3S. The minimum Gasteiger partial charge on any atom is -0.444 e. The van der Waals surface area contributed by atoms with E-state index in [1.165, 1.54) is 6.07 Å². The predicted octanol–water partition coefficient (Wildman–Crippen LogP) is 3.74. The number of hydrogen-bond donors (Lipinski definition) is 2. The van der Waals surface area contributed by atoms with E-state index >= 15 is 0 Å². The molecule has 140 valence electrons. The maximum absolute atomic E-state index is 13.9. The summed E-state index contributed by atoms with van der Waals surface area (Å²) in [5, 5.41) is 5.19. The lowest BCUT2D eigenvalue weighted by Crippen LogP contribution is -2.48. The van der Waals surface area contributed by atoms with Crippen LogP contribution in [0, 0.1) is 5.82 Å². The maximum Gasteiger partial charge on any atom is 0.408 e. The van der Waals surface area contributed by atoms with Crippen LogP contribution in [0.25, 0.3) is 0 Å². The van der Waals surface area contributed by atoms with Crippen molar-refractivity contribution in [3.63, 3.8) is 0 Å². The molecule has 5 nitrogen and oxygen atoms in total. The van der Waals surface area contributed by atoms with E-state index in [-0.39, 0.29) is 17.1 Å². The maximum atomic E-state index is 13.9. The minimum absolute atomic E-state index is 0.00226. The van der Waals surface area contributed by atoms with Crippen LogP contribution in [0.15, 0.2) is 18.2 Å². The molecule has 2 N–H and O–H groups in total. The fraction of sp³-hybridized carbons (Fsp3) is 0.529. The average Bonchev–Trinajstić information content (AvgIpc) is 2.50. The van der Waals surface area contributed by atoms with E-state index in [9.17, 15) is 14.0 Å². The van der Waals surface area contributed by atoms with E-state index in [0.717, 1.165) is 0 Å². The summed E-state index contributed by atoms with van der Waals surface area (Å²) in [5.41, 5.74) is -0.379. The van der Waals surface area contributed by atoms with Gasteiger partial charge in [-0.1, -0.05) is 23.7 Å². The Hall–Kier alpha value is -1.47.